The predicted molar refractivity (Wildman–Crippen MR) is 152 cm³/mol. The third-order valence-corrected chi connectivity index (χ3v) is 7.37. The van der Waals surface area contributed by atoms with Gasteiger partial charge in [0.1, 0.15) is 0 Å². The summed E-state index contributed by atoms with van der Waals surface area (Å²) < 4.78 is 0. The van der Waals surface area contributed by atoms with Crippen molar-refractivity contribution in [3.05, 3.63) is 0 Å². The van der Waals surface area contributed by atoms with E-state index in [2.05, 4.69) is 19.2 Å². The van der Waals surface area contributed by atoms with E-state index >= 15 is 0 Å². The van der Waals surface area contributed by atoms with Crippen LogP contribution in [-0.4, -0.2) is 34.9 Å². The fourth-order valence-corrected chi connectivity index (χ4v) is 4.89. The SMILES string of the molecule is CCCCCCCCCCCCCCCCCCCCCCC(=O)NC(CO)C(O)CCCCC. The zero-order valence-electron chi connectivity index (χ0n) is 23.8. The summed E-state index contributed by atoms with van der Waals surface area (Å²) in [5.41, 5.74) is 0. The van der Waals surface area contributed by atoms with Crippen molar-refractivity contribution in [3.8, 4) is 0 Å². The quantitative estimate of drug-likeness (QED) is 0.0947. The molecule has 4 heteroatoms. The Kier molecular flexibility index (Phi) is 27.5. The fourth-order valence-electron chi connectivity index (χ4n) is 4.89. The van der Waals surface area contributed by atoms with Gasteiger partial charge < -0.3 is 15.5 Å². The third kappa shape index (κ3) is 24.8. The minimum absolute atomic E-state index is 0.0407. The molecule has 0 aliphatic rings. The second-order valence-electron chi connectivity index (χ2n) is 10.9. The van der Waals surface area contributed by atoms with E-state index in [1.807, 2.05) is 0 Å². The van der Waals surface area contributed by atoms with Gasteiger partial charge in [-0.3, -0.25) is 4.79 Å². The molecule has 0 fully saturated rings. The molecule has 210 valence electrons. The molecular weight excluding hydrogens is 434 g/mol. The van der Waals surface area contributed by atoms with Crippen LogP contribution in [0.1, 0.15) is 174 Å². The second kappa shape index (κ2) is 28.0. The number of carbonyl (C=O) groups excluding carboxylic acids is 1. The van der Waals surface area contributed by atoms with Crippen LogP contribution in [0.15, 0.2) is 0 Å². The molecule has 0 saturated carbocycles. The zero-order valence-corrected chi connectivity index (χ0v) is 23.8. The highest BCUT2D eigenvalue weighted by atomic mass is 16.3. The van der Waals surface area contributed by atoms with Crippen molar-refractivity contribution < 1.29 is 15.0 Å². The molecule has 2 unspecified atom stereocenters. The van der Waals surface area contributed by atoms with E-state index in [1.165, 1.54) is 116 Å². The standard InChI is InChI=1S/C31H63NO3/c1-3-5-7-8-9-10-11-12-13-14-15-16-17-18-19-20-21-22-23-25-27-31(35)32-29(28-33)30(34)26-24-6-4-2/h29-30,33-34H,3-28H2,1-2H3,(H,32,35). The first-order chi connectivity index (χ1) is 17.2. The monoisotopic (exact) mass is 497 g/mol. The van der Waals surface area contributed by atoms with E-state index in [9.17, 15) is 15.0 Å². The molecular formula is C31H63NO3. The van der Waals surface area contributed by atoms with Gasteiger partial charge in [0.2, 0.25) is 5.91 Å². The molecule has 0 rings (SSSR count). The Labute approximate surface area is 219 Å². The first-order valence-electron chi connectivity index (χ1n) is 15.7. The van der Waals surface area contributed by atoms with Crippen molar-refractivity contribution in [2.75, 3.05) is 6.61 Å². The van der Waals surface area contributed by atoms with Crippen LogP contribution in [0.3, 0.4) is 0 Å². The van der Waals surface area contributed by atoms with Crippen LogP contribution < -0.4 is 5.32 Å². The van der Waals surface area contributed by atoms with E-state index in [0.717, 1.165) is 32.1 Å². The average Bonchev–Trinajstić information content (AvgIpc) is 2.86. The summed E-state index contributed by atoms with van der Waals surface area (Å²) >= 11 is 0. The first kappa shape index (κ1) is 34.4. The lowest BCUT2D eigenvalue weighted by Crippen LogP contribution is -2.45. The van der Waals surface area contributed by atoms with E-state index in [0.29, 0.717) is 12.8 Å². The second-order valence-corrected chi connectivity index (χ2v) is 10.9. The van der Waals surface area contributed by atoms with Crippen LogP contribution in [-0.2, 0) is 4.79 Å². The highest BCUT2D eigenvalue weighted by molar-refractivity contribution is 5.76. The maximum absolute atomic E-state index is 12.1. The van der Waals surface area contributed by atoms with Crippen molar-refractivity contribution in [3.63, 3.8) is 0 Å². The minimum atomic E-state index is -0.648. The molecule has 4 nitrogen and oxygen atoms in total. The van der Waals surface area contributed by atoms with Crippen LogP contribution in [0.2, 0.25) is 0 Å². The fraction of sp³-hybridized carbons (Fsp3) is 0.968. The van der Waals surface area contributed by atoms with Gasteiger partial charge in [-0.2, -0.15) is 0 Å². The molecule has 0 bridgehead atoms. The molecule has 0 aromatic rings. The van der Waals surface area contributed by atoms with Crippen LogP contribution >= 0.6 is 0 Å². The van der Waals surface area contributed by atoms with Crippen LogP contribution in [0.4, 0.5) is 0 Å². The topological polar surface area (TPSA) is 69.6 Å². The average molecular weight is 498 g/mol. The Bertz CT molecular complexity index is 429. The molecule has 35 heavy (non-hydrogen) atoms. The largest absolute Gasteiger partial charge is 0.394 e. The number of amides is 1. The summed E-state index contributed by atoms with van der Waals surface area (Å²) in [6.07, 6.45) is 30.6. The van der Waals surface area contributed by atoms with Gasteiger partial charge in [-0.1, -0.05) is 155 Å². The lowest BCUT2D eigenvalue weighted by Gasteiger charge is -2.22. The Hall–Kier alpha value is -0.610. The van der Waals surface area contributed by atoms with Crippen LogP contribution in [0.25, 0.3) is 0 Å². The number of rotatable bonds is 28. The van der Waals surface area contributed by atoms with Gasteiger partial charge in [-0.25, -0.2) is 0 Å². The van der Waals surface area contributed by atoms with E-state index in [1.54, 1.807) is 0 Å². The Morgan fingerprint density at radius 2 is 0.914 bits per heavy atom. The normalized spacial score (nSPS) is 13.1. The first-order valence-corrected chi connectivity index (χ1v) is 15.7. The Balaban J connectivity index is 3.35. The number of aliphatic hydroxyl groups is 2. The third-order valence-electron chi connectivity index (χ3n) is 7.37. The van der Waals surface area contributed by atoms with Gasteiger partial charge in [0.25, 0.3) is 0 Å². The number of carbonyl (C=O) groups is 1. The smallest absolute Gasteiger partial charge is 0.220 e. The van der Waals surface area contributed by atoms with E-state index < -0.39 is 12.1 Å². The van der Waals surface area contributed by atoms with Gasteiger partial charge in [-0.05, 0) is 12.8 Å². The maximum atomic E-state index is 12.1. The summed E-state index contributed by atoms with van der Waals surface area (Å²) in [6, 6.07) is -0.524. The van der Waals surface area contributed by atoms with Crippen molar-refractivity contribution >= 4 is 5.91 Å². The van der Waals surface area contributed by atoms with Gasteiger partial charge in [0, 0.05) is 6.42 Å². The summed E-state index contributed by atoms with van der Waals surface area (Å²) in [6.45, 7) is 4.21. The molecule has 3 N–H and O–H groups in total. The number of aliphatic hydroxyl groups excluding tert-OH is 2. The van der Waals surface area contributed by atoms with E-state index in [4.69, 9.17) is 0 Å². The van der Waals surface area contributed by atoms with Crippen molar-refractivity contribution in [2.45, 2.75) is 187 Å². The maximum Gasteiger partial charge on any atom is 0.220 e. The number of unbranched alkanes of at least 4 members (excludes halogenated alkanes) is 21. The van der Waals surface area contributed by atoms with Crippen molar-refractivity contribution in [1.82, 2.24) is 5.32 Å². The van der Waals surface area contributed by atoms with Gasteiger partial charge in [-0.15, -0.1) is 0 Å². The minimum Gasteiger partial charge on any atom is -0.394 e. The molecule has 0 aliphatic carbocycles. The summed E-state index contributed by atoms with van der Waals surface area (Å²) in [5.74, 6) is -0.0407. The lowest BCUT2D eigenvalue weighted by atomic mass is 10.0. The number of hydrogen-bond donors (Lipinski definition) is 3. The zero-order chi connectivity index (χ0) is 25.8. The van der Waals surface area contributed by atoms with E-state index in [-0.39, 0.29) is 12.5 Å². The van der Waals surface area contributed by atoms with Crippen LogP contribution in [0.5, 0.6) is 0 Å². The molecule has 0 aromatic heterocycles. The summed E-state index contributed by atoms with van der Waals surface area (Å²) in [7, 11) is 0. The molecule has 0 radical (unpaired) electrons. The molecule has 0 aromatic carbocycles. The molecule has 0 heterocycles. The summed E-state index contributed by atoms with van der Waals surface area (Å²) in [4.78, 5) is 12.1. The van der Waals surface area contributed by atoms with Gasteiger partial charge in [0.05, 0.1) is 18.8 Å². The summed E-state index contributed by atoms with van der Waals surface area (Å²) in [5, 5.41) is 22.4. The highest BCUT2D eigenvalue weighted by Crippen LogP contribution is 2.15. The molecule has 0 aliphatic heterocycles. The van der Waals surface area contributed by atoms with Gasteiger partial charge >= 0.3 is 0 Å². The number of hydrogen-bond acceptors (Lipinski definition) is 3. The molecule has 0 saturated heterocycles. The Morgan fingerprint density at radius 3 is 1.29 bits per heavy atom. The predicted octanol–water partition coefficient (Wildman–Crippen LogP) is 8.62. The molecule has 1 amide bonds. The Morgan fingerprint density at radius 1 is 0.571 bits per heavy atom. The van der Waals surface area contributed by atoms with Crippen molar-refractivity contribution in [2.24, 2.45) is 0 Å². The molecule has 0 spiro atoms. The highest BCUT2D eigenvalue weighted by Gasteiger charge is 2.19. The van der Waals surface area contributed by atoms with Crippen molar-refractivity contribution in [1.29, 1.82) is 0 Å². The van der Waals surface area contributed by atoms with Crippen LogP contribution in [0, 0.1) is 0 Å². The molecule has 2 atom stereocenters. The van der Waals surface area contributed by atoms with Gasteiger partial charge in [0.15, 0.2) is 0 Å². The lowest BCUT2D eigenvalue weighted by molar-refractivity contribution is -0.123. The number of nitrogens with one attached hydrogen (secondary N) is 1.